The van der Waals surface area contributed by atoms with Crippen LogP contribution >= 0.6 is 11.6 Å². The summed E-state index contributed by atoms with van der Waals surface area (Å²) in [7, 11) is 0. The number of benzene rings is 1. The number of halogens is 1. The van der Waals surface area contributed by atoms with Gasteiger partial charge in [0.2, 0.25) is 5.91 Å². The van der Waals surface area contributed by atoms with E-state index < -0.39 is 0 Å². The zero-order valence-electron chi connectivity index (χ0n) is 10.0. The second kappa shape index (κ2) is 5.69. The number of carbonyl (C=O) groups is 1. The Morgan fingerprint density at radius 1 is 1.39 bits per heavy atom. The molecule has 0 radical (unpaired) electrons. The fourth-order valence-electron chi connectivity index (χ4n) is 1.69. The van der Waals surface area contributed by atoms with Crippen LogP contribution in [0.4, 0.5) is 5.82 Å². The summed E-state index contributed by atoms with van der Waals surface area (Å²) in [5.74, 6) is 0.552. The fraction of sp³-hybridized carbons (Fsp3) is 0.231. The summed E-state index contributed by atoms with van der Waals surface area (Å²) in [5, 5.41) is 10.1. The third-order valence-electron chi connectivity index (χ3n) is 2.67. The van der Waals surface area contributed by atoms with Crippen molar-refractivity contribution >= 4 is 23.3 Å². The zero-order chi connectivity index (χ0) is 13.0. The van der Waals surface area contributed by atoms with Crippen LogP contribution in [0.3, 0.4) is 0 Å². The van der Waals surface area contributed by atoms with Crippen molar-refractivity contribution in [3.05, 3.63) is 46.6 Å². The van der Waals surface area contributed by atoms with E-state index in [9.17, 15) is 4.79 Å². The van der Waals surface area contributed by atoms with Gasteiger partial charge in [-0.05, 0) is 18.1 Å². The van der Waals surface area contributed by atoms with Crippen molar-refractivity contribution in [3.63, 3.8) is 0 Å². The number of aryl methyl sites for hydroxylation is 1. The van der Waals surface area contributed by atoms with Gasteiger partial charge in [-0.2, -0.15) is 5.10 Å². The highest BCUT2D eigenvalue weighted by Crippen LogP contribution is 2.17. The molecule has 2 aromatic rings. The number of rotatable bonds is 4. The minimum Gasteiger partial charge on any atom is -0.311 e. The van der Waals surface area contributed by atoms with Gasteiger partial charge in [0.15, 0.2) is 0 Å². The highest BCUT2D eigenvalue weighted by Gasteiger charge is 2.10. The maximum atomic E-state index is 11.9. The van der Waals surface area contributed by atoms with E-state index in [1.807, 2.05) is 25.1 Å². The summed E-state index contributed by atoms with van der Waals surface area (Å²) >= 11 is 6.01. The molecule has 1 amide bonds. The number of H-pyrrole nitrogens is 1. The lowest BCUT2D eigenvalue weighted by Gasteiger charge is -2.06. The number of carbonyl (C=O) groups excluding carboxylic acids is 1. The summed E-state index contributed by atoms with van der Waals surface area (Å²) in [6.45, 7) is 2.01. The summed E-state index contributed by atoms with van der Waals surface area (Å²) in [4.78, 5) is 11.9. The second-order valence-corrected chi connectivity index (χ2v) is 4.35. The standard InChI is InChI=1S/C13H14ClN3O/c1-2-9-8-15-17-13(9)16-12(18)7-10-5-3-4-6-11(10)14/h3-6,8H,2,7H2,1H3,(H2,15,16,17,18). The Hall–Kier alpha value is -1.81. The predicted molar refractivity (Wildman–Crippen MR) is 71.8 cm³/mol. The number of hydrogen-bond donors (Lipinski definition) is 2. The van der Waals surface area contributed by atoms with E-state index in [0.717, 1.165) is 17.5 Å². The molecule has 2 N–H and O–H groups in total. The number of amides is 1. The molecule has 18 heavy (non-hydrogen) atoms. The molecule has 0 bridgehead atoms. The number of nitrogens with zero attached hydrogens (tertiary/aromatic N) is 1. The Labute approximate surface area is 110 Å². The van der Waals surface area contributed by atoms with Crippen molar-refractivity contribution in [2.75, 3.05) is 5.32 Å². The van der Waals surface area contributed by atoms with E-state index in [0.29, 0.717) is 10.8 Å². The lowest BCUT2D eigenvalue weighted by molar-refractivity contribution is -0.115. The van der Waals surface area contributed by atoms with E-state index in [-0.39, 0.29) is 12.3 Å². The summed E-state index contributed by atoms with van der Waals surface area (Å²) in [5.41, 5.74) is 1.80. The number of anilines is 1. The molecule has 5 heteroatoms. The monoisotopic (exact) mass is 263 g/mol. The Morgan fingerprint density at radius 3 is 2.89 bits per heavy atom. The van der Waals surface area contributed by atoms with E-state index in [2.05, 4.69) is 15.5 Å². The maximum Gasteiger partial charge on any atom is 0.229 e. The first-order chi connectivity index (χ1) is 8.70. The van der Waals surface area contributed by atoms with Gasteiger partial charge in [-0.15, -0.1) is 0 Å². The molecule has 2 rings (SSSR count). The first kappa shape index (κ1) is 12.6. The van der Waals surface area contributed by atoms with Crippen LogP contribution in [0.2, 0.25) is 5.02 Å². The molecule has 0 saturated heterocycles. The molecule has 0 spiro atoms. The van der Waals surface area contributed by atoms with Crippen molar-refractivity contribution in [1.82, 2.24) is 10.2 Å². The van der Waals surface area contributed by atoms with Gasteiger partial charge >= 0.3 is 0 Å². The third-order valence-corrected chi connectivity index (χ3v) is 3.04. The van der Waals surface area contributed by atoms with Crippen LogP contribution in [0.5, 0.6) is 0 Å². The largest absolute Gasteiger partial charge is 0.311 e. The van der Waals surface area contributed by atoms with Crippen LogP contribution in [-0.4, -0.2) is 16.1 Å². The van der Waals surface area contributed by atoms with Crippen LogP contribution in [0.15, 0.2) is 30.5 Å². The SMILES string of the molecule is CCc1cn[nH]c1NC(=O)Cc1ccccc1Cl. The van der Waals surface area contributed by atoms with Gasteiger partial charge in [0.1, 0.15) is 5.82 Å². The minimum atomic E-state index is -0.109. The predicted octanol–water partition coefficient (Wildman–Crippen LogP) is 2.81. The Morgan fingerprint density at radius 2 is 2.17 bits per heavy atom. The number of nitrogens with one attached hydrogen (secondary N) is 2. The highest BCUT2D eigenvalue weighted by molar-refractivity contribution is 6.31. The van der Waals surface area contributed by atoms with Crippen LogP contribution in [0.25, 0.3) is 0 Å². The molecule has 94 valence electrons. The first-order valence-corrected chi connectivity index (χ1v) is 6.14. The van der Waals surface area contributed by atoms with Crippen LogP contribution in [-0.2, 0) is 17.6 Å². The topological polar surface area (TPSA) is 57.8 Å². The summed E-state index contributed by atoms with van der Waals surface area (Å²) < 4.78 is 0. The molecular formula is C13H14ClN3O. The van der Waals surface area contributed by atoms with Crippen LogP contribution in [0, 0.1) is 0 Å². The summed E-state index contributed by atoms with van der Waals surface area (Å²) in [6.07, 6.45) is 2.78. The molecule has 1 aromatic heterocycles. The Kier molecular flexibility index (Phi) is 3.99. The lowest BCUT2D eigenvalue weighted by atomic mass is 10.1. The smallest absolute Gasteiger partial charge is 0.229 e. The molecule has 4 nitrogen and oxygen atoms in total. The van der Waals surface area contributed by atoms with Crippen molar-refractivity contribution in [2.24, 2.45) is 0 Å². The molecule has 0 aliphatic rings. The van der Waals surface area contributed by atoms with Crippen LogP contribution in [0.1, 0.15) is 18.1 Å². The molecule has 0 aliphatic heterocycles. The molecule has 0 aliphatic carbocycles. The lowest BCUT2D eigenvalue weighted by Crippen LogP contribution is -2.15. The van der Waals surface area contributed by atoms with E-state index in [1.54, 1.807) is 12.3 Å². The average Bonchev–Trinajstić information content (AvgIpc) is 2.79. The quantitative estimate of drug-likeness (QED) is 0.891. The van der Waals surface area contributed by atoms with Gasteiger partial charge in [-0.25, -0.2) is 0 Å². The van der Waals surface area contributed by atoms with Crippen molar-refractivity contribution in [2.45, 2.75) is 19.8 Å². The Bertz CT molecular complexity index is 551. The Balaban J connectivity index is 2.04. The number of aromatic nitrogens is 2. The second-order valence-electron chi connectivity index (χ2n) is 3.94. The zero-order valence-corrected chi connectivity index (χ0v) is 10.8. The van der Waals surface area contributed by atoms with Crippen molar-refractivity contribution in [3.8, 4) is 0 Å². The van der Waals surface area contributed by atoms with Crippen LogP contribution < -0.4 is 5.32 Å². The van der Waals surface area contributed by atoms with Gasteiger partial charge in [-0.1, -0.05) is 36.7 Å². The fourth-order valence-corrected chi connectivity index (χ4v) is 1.89. The number of hydrogen-bond acceptors (Lipinski definition) is 2. The van der Waals surface area contributed by atoms with Crippen molar-refractivity contribution < 1.29 is 4.79 Å². The summed E-state index contributed by atoms with van der Waals surface area (Å²) in [6, 6.07) is 7.32. The highest BCUT2D eigenvalue weighted by atomic mass is 35.5. The average molecular weight is 264 g/mol. The molecular weight excluding hydrogens is 250 g/mol. The van der Waals surface area contributed by atoms with Gasteiger partial charge in [-0.3, -0.25) is 9.89 Å². The molecule has 0 fully saturated rings. The van der Waals surface area contributed by atoms with Crippen molar-refractivity contribution in [1.29, 1.82) is 0 Å². The van der Waals surface area contributed by atoms with E-state index >= 15 is 0 Å². The normalized spacial score (nSPS) is 10.3. The van der Waals surface area contributed by atoms with Gasteiger partial charge in [0.05, 0.1) is 12.6 Å². The molecule has 0 saturated carbocycles. The van der Waals surface area contributed by atoms with Gasteiger partial charge in [0, 0.05) is 10.6 Å². The molecule has 0 unspecified atom stereocenters. The number of aromatic amines is 1. The first-order valence-electron chi connectivity index (χ1n) is 5.76. The van der Waals surface area contributed by atoms with Gasteiger partial charge in [0.25, 0.3) is 0 Å². The molecule has 1 aromatic carbocycles. The third kappa shape index (κ3) is 2.90. The minimum absolute atomic E-state index is 0.109. The van der Waals surface area contributed by atoms with E-state index in [1.165, 1.54) is 0 Å². The molecule has 1 heterocycles. The van der Waals surface area contributed by atoms with Gasteiger partial charge < -0.3 is 5.32 Å². The van der Waals surface area contributed by atoms with E-state index in [4.69, 9.17) is 11.6 Å². The maximum absolute atomic E-state index is 11.9. The molecule has 0 atom stereocenters.